The molecule has 3 amide bonds. The zero-order valence-electron chi connectivity index (χ0n) is 13.8. The van der Waals surface area contributed by atoms with E-state index in [2.05, 4.69) is 15.3 Å². The lowest BCUT2D eigenvalue weighted by Crippen LogP contribution is -2.30. The molecule has 0 radical (unpaired) electrons. The molecule has 0 saturated carbocycles. The molecule has 1 aromatic heterocycles. The number of allylic oxidation sites excluding steroid dienone is 2. The van der Waals surface area contributed by atoms with Gasteiger partial charge in [0.15, 0.2) is 0 Å². The second-order valence-corrected chi connectivity index (χ2v) is 6.24. The molecule has 1 N–H and O–H groups in total. The Morgan fingerprint density at radius 3 is 2.12 bits per heavy atom. The third-order valence-corrected chi connectivity index (χ3v) is 4.69. The summed E-state index contributed by atoms with van der Waals surface area (Å²) in [4.78, 5) is 46.5. The fourth-order valence-electron chi connectivity index (χ4n) is 3.35. The Morgan fingerprint density at radius 2 is 1.54 bits per heavy atom. The number of rotatable bonds is 3. The summed E-state index contributed by atoms with van der Waals surface area (Å²) in [7, 11) is 0. The second-order valence-electron chi connectivity index (χ2n) is 6.24. The van der Waals surface area contributed by atoms with Crippen LogP contribution in [0.5, 0.6) is 0 Å². The number of benzene rings is 1. The third-order valence-electron chi connectivity index (χ3n) is 4.69. The van der Waals surface area contributed by atoms with Gasteiger partial charge in [0.2, 0.25) is 17.8 Å². The highest BCUT2D eigenvalue weighted by atomic mass is 16.2. The van der Waals surface area contributed by atoms with Crippen LogP contribution < -0.4 is 10.2 Å². The molecule has 2 aliphatic rings. The molecule has 0 spiro atoms. The number of imide groups is 1. The van der Waals surface area contributed by atoms with Crippen LogP contribution in [-0.4, -0.2) is 27.7 Å². The molecule has 1 aliphatic carbocycles. The lowest BCUT2D eigenvalue weighted by molar-refractivity contribution is -0.122. The summed E-state index contributed by atoms with van der Waals surface area (Å²) in [6.07, 6.45) is 8.17. The quantitative estimate of drug-likeness (QED) is 0.678. The van der Waals surface area contributed by atoms with E-state index in [0.29, 0.717) is 24.1 Å². The van der Waals surface area contributed by atoms with Crippen LogP contribution in [0.1, 0.15) is 23.2 Å². The van der Waals surface area contributed by atoms with Crippen molar-refractivity contribution < 1.29 is 14.4 Å². The molecule has 2 aromatic rings. The number of hydrogen-bond acceptors (Lipinski definition) is 5. The average molecular weight is 348 g/mol. The summed E-state index contributed by atoms with van der Waals surface area (Å²) in [5.41, 5.74) is 0.876. The maximum absolute atomic E-state index is 12.6. The van der Waals surface area contributed by atoms with E-state index < -0.39 is 0 Å². The predicted molar refractivity (Wildman–Crippen MR) is 94.3 cm³/mol. The summed E-state index contributed by atoms with van der Waals surface area (Å²) in [6, 6.07) is 8.03. The molecule has 130 valence electrons. The first kappa shape index (κ1) is 16.1. The number of carbonyl (C=O) groups excluding carboxylic acids is 3. The largest absolute Gasteiger partial charge is 0.290 e. The zero-order valence-corrected chi connectivity index (χ0v) is 13.8. The van der Waals surface area contributed by atoms with E-state index in [1.807, 2.05) is 12.2 Å². The molecule has 4 rings (SSSR count). The average Bonchev–Trinajstić information content (AvgIpc) is 2.94. The van der Waals surface area contributed by atoms with Crippen molar-refractivity contribution in [2.24, 2.45) is 11.8 Å². The first-order chi connectivity index (χ1) is 12.6. The molecule has 1 fully saturated rings. The van der Waals surface area contributed by atoms with Crippen LogP contribution in [0.3, 0.4) is 0 Å². The minimum Gasteiger partial charge on any atom is -0.290 e. The normalized spacial score (nSPS) is 21.6. The number of anilines is 2. The number of nitrogens with one attached hydrogen (secondary N) is 1. The molecule has 7 heteroatoms. The molecular formula is C19H16N4O3. The maximum Gasteiger partial charge on any atom is 0.258 e. The van der Waals surface area contributed by atoms with Crippen LogP contribution in [0.4, 0.5) is 11.6 Å². The topological polar surface area (TPSA) is 92.3 Å². The molecule has 2 heterocycles. The Hall–Kier alpha value is -3.35. The van der Waals surface area contributed by atoms with Crippen LogP contribution in [-0.2, 0) is 9.59 Å². The summed E-state index contributed by atoms with van der Waals surface area (Å²) in [5.74, 6) is -1.03. The van der Waals surface area contributed by atoms with E-state index in [1.54, 1.807) is 30.3 Å². The first-order valence-electron chi connectivity index (χ1n) is 8.36. The Labute approximate surface area is 149 Å². The van der Waals surface area contributed by atoms with Crippen LogP contribution in [0.25, 0.3) is 0 Å². The van der Waals surface area contributed by atoms with Crippen LogP contribution in [0.2, 0.25) is 0 Å². The van der Waals surface area contributed by atoms with E-state index in [0.717, 1.165) is 0 Å². The van der Waals surface area contributed by atoms with Crippen molar-refractivity contribution in [2.75, 3.05) is 10.2 Å². The molecule has 0 bridgehead atoms. The summed E-state index contributed by atoms with van der Waals surface area (Å²) in [5, 5.41) is 2.59. The van der Waals surface area contributed by atoms with Crippen LogP contribution in [0, 0.1) is 11.8 Å². The number of nitrogens with zero attached hydrogens (tertiary/aromatic N) is 3. The van der Waals surface area contributed by atoms with Crippen LogP contribution in [0.15, 0.2) is 54.9 Å². The minimum absolute atomic E-state index is 0.167. The second kappa shape index (κ2) is 6.51. The van der Waals surface area contributed by atoms with Gasteiger partial charge in [-0.25, -0.2) is 9.97 Å². The van der Waals surface area contributed by atoms with E-state index in [9.17, 15) is 14.4 Å². The zero-order chi connectivity index (χ0) is 18.1. The van der Waals surface area contributed by atoms with Gasteiger partial charge in [0.1, 0.15) is 0 Å². The molecule has 1 aromatic carbocycles. The van der Waals surface area contributed by atoms with Gasteiger partial charge in [-0.3, -0.25) is 24.6 Å². The molecule has 7 nitrogen and oxygen atoms in total. The van der Waals surface area contributed by atoms with E-state index >= 15 is 0 Å². The smallest absolute Gasteiger partial charge is 0.258 e. The fraction of sp³-hybridized carbons (Fsp3) is 0.211. The lowest BCUT2D eigenvalue weighted by atomic mass is 9.85. The maximum atomic E-state index is 12.6. The number of hydrogen-bond donors (Lipinski definition) is 1. The van der Waals surface area contributed by atoms with Gasteiger partial charge in [-0.05, 0) is 43.2 Å². The van der Waals surface area contributed by atoms with E-state index in [4.69, 9.17) is 0 Å². The lowest BCUT2D eigenvalue weighted by Gasteiger charge is -2.15. The molecule has 1 saturated heterocycles. The van der Waals surface area contributed by atoms with Gasteiger partial charge in [0.25, 0.3) is 5.91 Å². The van der Waals surface area contributed by atoms with Crippen molar-refractivity contribution in [2.45, 2.75) is 12.8 Å². The summed E-state index contributed by atoms with van der Waals surface area (Å²) in [6.45, 7) is 0. The first-order valence-corrected chi connectivity index (χ1v) is 8.36. The van der Waals surface area contributed by atoms with Crippen molar-refractivity contribution in [3.8, 4) is 0 Å². The molecule has 26 heavy (non-hydrogen) atoms. The summed E-state index contributed by atoms with van der Waals surface area (Å²) < 4.78 is 0. The molecule has 1 aliphatic heterocycles. The fourth-order valence-corrected chi connectivity index (χ4v) is 3.35. The van der Waals surface area contributed by atoms with Crippen molar-refractivity contribution in [1.82, 2.24) is 9.97 Å². The Morgan fingerprint density at radius 1 is 0.962 bits per heavy atom. The van der Waals surface area contributed by atoms with Gasteiger partial charge in [-0.15, -0.1) is 0 Å². The van der Waals surface area contributed by atoms with Gasteiger partial charge in [0.05, 0.1) is 17.5 Å². The number of amides is 3. The van der Waals surface area contributed by atoms with Gasteiger partial charge in [-0.1, -0.05) is 12.2 Å². The standard InChI is InChI=1S/C19H16N4O3/c24-16(22-19-20-10-3-11-21-19)12-6-8-13(9-7-12)23-17(25)14-4-1-2-5-15(14)18(23)26/h1-3,6-11,14-15H,4-5H2,(H,20,21,22,24). The summed E-state index contributed by atoms with van der Waals surface area (Å²) >= 11 is 0. The molecular weight excluding hydrogens is 332 g/mol. The predicted octanol–water partition coefficient (Wildman–Crippen LogP) is 2.18. The molecule has 2 atom stereocenters. The van der Waals surface area contributed by atoms with Gasteiger partial charge < -0.3 is 0 Å². The van der Waals surface area contributed by atoms with Crippen molar-refractivity contribution in [3.63, 3.8) is 0 Å². The minimum atomic E-state index is -0.361. The Kier molecular flexibility index (Phi) is 4.04. The van der Waals surface area contributed by atoms with Gasteiger partial charge in [0, 0.05) is 18.0 Å². The third kappa shape index (κ3) is 2.77. The Bertz CT molecular complexity index is 867. The van der Waals surface area contributed by atoms with Gasteiger partial charge in [-0.2, -0.15) is 0 Å². The van der Waals surface area contributed by atoms with E-state index in [-0.39, 0.29) is 35.5 Å². The van der Waals surface area contributed by atoms with Gasteiger partial charge >= 0.3 is 0 Å². The number of fused-ring (bicyclic) bond motifs is 1. The number of aromatic nitrogens is 2. The highest BCUT2D eigenvalue weighted by Crippen LogP contribution is 2.37. The van der Waals surface area contributed by atoms with Crippen LogP contribution >= 0.6 is 0 Å². The van der Waals surface area contributed by atoms with Crippen molar-refractivity contribution >= 4 is 29.4 Å². The Balaban J connectivity index is 1.52. The SMILES string of the molecule is O=C(Nc1ncccn1)c1ccc(N2C(=O)C3CC=CCC3C2=O)cc1. The number of carbonyl (C=O) groups is 3. The highest BCUT2D eigenvalue weighted by molar-refractivity contribution is 6.22. The van der Waals surface area contributed by atoms with Crippen molar-refractivity contribution in [3.05, 3.63) is 60.4 Å². The van der Waals surface area contributed by atoms with E-state index in [1.165, 1.54) is 17.3 Å². The molecule has 2 unspecified atom stereocenters. The monoisotopic (exact) mass is 348 g/mol. The van der Waals surface area contributed by atoms with Crippen molar-refractivity contribution in [1.29, 1.82) is 0 Å². The highest BCUT2D eigenvalue weighted by Gasteiger charge is 2.47.